The summed E-state index contributed by atoms with van der Waals surface area (Å²) in [4.78, 5) is 1.73. The van der Waals surface area contributed by atoms with Gasteiger partial charge in [0.1, 0.15) is 0 Å². The molecular weight excluding hydrogens is 238 g/mol. The molecule has 0 bridgehead atoms. The van der Waals surface area contributed by atoms with Gasteiger partial charge >= 0.3 is 0 Å². The number of ether oxygens (including phenoxy) is 1. The Kier molecular flexibility index (Phi) is 7.04. The van der Waals surface area contributed by atoms with E-state index in [-0.39, 0.29) is 12.0 Å². The standard InChI is InChI=1S/C13H26F2N2O/c1-3-6-16-9-13(5-4-7-18-11-13)10-17(2)8-12(14)15/h12,16H,3-11H2,1-2H3. The van der Waals surface area contributed by atoms with Gasteiger partial charge in [0.05, 0.1) is 13.2 Å². The topological polar surface area (TPSA) is 24.5 Å². The van der Waals surface area contributed by atoms with Crippen molar-refractivity contribution >= 4 is 0 Å². The molecule has 108 valence electrons. The lowest BCUT2D eigenvalue weighted by atomic mass is 9.81. The van der Waals surface area contributed by atoms with Crippen molar-refractivity contribution in [3.63, 3.8) is 0 Å². The lowest BCUT2D eigenvalue weighted by Crippen LogP contribution is -2.49. The van der Waals surface area contributed by atoms with Gasteiger partial charge in [-0.15, -0.1) is 0 Å². The second-order valence-electron chi connectivity index (χ2n) is 5.42. The molecule has 0 amide bonds. The third-order valence-electron chi connectivity index (χ3n) is 3.39. The molecule has 5 heteroatoms. The molecule has 0 aromatic rings. The van der Waals surface area contributed by atoms with E-state index in [0.29, 0.717) is 13.2 Å². The van der Waals surface area contributed by atoms with Crippen molar-refractivity contribution in [1.29, 1.82) is 0 Å². The Morgan fingerprint density at radius 2 is 2.22 bits per heavy atom. The maximum Gasteiger partial charge on any atom is 0.251 e. The van der Waals surface area contributed by atoms with Gasteiger partial charge in [-0.05, 0) is 32.9 Å². The quantitative estimate of drug-likeness (QED) is 0.678. The zero-order chi connectivity index (χ0) is 13.4. The van der Waals surface area contributed by atoms with Crippen LogP contribution in [0.4, 0.5) is 8.78 Å². The van der Waals surface area contributed by atoms with Crippen LogP contribution in [0.2, 0.25) is 0 Å². The Labute approximate surface area is 109 Å². The Balaban J connectivity index is 2.48. The first-order valence-electron chi connectivity index (χ1n) is 6.83. The molecule has 1 N–H and O–H groups in total. The molecule has 1 unspecified atom stereocenters. The van der Waals surface area contributed by atoms with E-state index in [1.807, 2.05) is 0 Å². The third kappa shape index (κ3) is 5.59. The highest BCUT2D eigenvalue weighted by atomic mass is 19.3. The summed E-state index contributed by atoms with van der Waals surface area (Å²) in [7, 11) is 1.77. The summed E-state index contributed by atoms with van der Waals surface area (Å²) in [6.07, 6.45) is 0.900. The Morgan fingerprint density at radius 3 is 2.78 bits per heavy atom. The zero-order valence-electron chi connectivity index (χ0n) is 11.6. The summed E-state index contributed by atoms with van der Waals surface area (Å²) >= 11 is 0. The molecular formula is C13H26F2N2O. The molecule has 0 saturated carbocycles. The first kappa shape index (κ1) is 15.8. The van der Waals surface area contributed by atoms with Crippen LogP contribution in [0.1, 0.15) is 26.2 Å². The first-order valence-corrected chi connectivity index (χ1v) is 6.83. The molecule has 18 heavy (non-hydrogen) atoms. The smallest absolute Gasteiger partial charge is 0.251 e. The van der Waals surface area contributed by atoms with Crippen LogP contribution in [-0.2, 0) is 4.74 Å². The minimum absolute atomic E-state index is 0.00292. The van der Waals surface area contributed by atoms with Crippen molar-refractivity contribution in [2.45, 2.75) is 32.6 Å². The predicted octanol–water partition coefficient (Wildman–Crippen LogP) is 1.98. The van der Waals surface area contributed by atoms with Crippen LogP contribution in [-0.4, -0.2) is 57.8 Å². The van der Waals surface area contributed by atoms with Crippen LogP contribution in [0.5, 0.6) is 0 Å². The fourth-order valence-corrected chi connectivity index (χ4v) is 2.63. The molecule has 1 fully saturated rings. The molecule has 0 aromatic carbocycles. The van der Waals surface area contributed by atoms with Crippen LogP contribution < -0.4 is 5.32 Å². The summed E-state index contributed by atoms with van der Waals surface area (Å²) < 4.78 is 30.3. The number of hydrogen-bond donors (Lipinski definition) is 1. The molecule has 1 rings (SSSR count). The van der Waals surface area contributed by atoms with Gasteiger partial charge in [0, 0.05) is 25.1 Å². The van der Waals surface area contributed by atoms with Gasteiger partial charge in [-0.3, -0.25) is 0 Å². The fraction of sp³-hybridized carbons (Fsp3) is 1.00. The van der Waals surface area contributed by atoms with E-state index < -0.39 is 6.43 Å². The van der Waals surface area contributed by atoms with E-state index >= 15 is 0 Å². The van der Waals surface area contributed by atoms with E-state index in [4.69, 9.17) is 4.74 Å². The Hall–Kier alpha value is -0.260. The van der Waals surface area contributed by atoms with Crippen molar-refractivity contribution in [3.05, 3.63) is 0 Å². The van der Waals surface area contributed by atoms with Gasteiger partial charge in [-0.1, -0.05) is 6.92 Å². The van der Waals surface area contributed by atoms with Crippen molar-refractivity contribution in [3.8, 4) is 0 Å². The maximum absolute atomic E-state index is 12.4. The van der Waals surface area contributed by atoms with Gasteiger partial charge in [0.2, 0.25) is 0 Å². The van der Waals surface area contributed by atoms with E-state index in [9.17, 15) is 8.78 Å². The molecule has 1 saturated heterocycles. The Morgan fingerprint density at radius 1 is 1.44 bits per heavy atom. The van der Waals surface area contributed by atoms with Crippen LogP contribution >= 0.6 is 0 Å². The summed E-state index contributed by atoms with van der Waals surface area (Å²) in [5, 5.41) is 3.41. The monoisotopic (exact) mass is 264 g/mol. The normalized spacial score (nSPS) is 25.0. The molecule has 1 aliphatic heterocycles. The summed E-state index contributed by atoms with van der Waals surface area (Å²) in [6, 6.07) is 0. The van der Waals surface area contributed by atoms with Crippen LogP contribution in [0.25, 0.3) is 0 Å². The van der Waals surface area contributed by atoms with Gasteiger partial charge in [-0.2, -0.15) is 0 Å². The predicted molar refractivity (Wildman–Crippen MR) is 69.1 cm³/mol. The molecule has 0 spiro atoms. The average molecular weight is 264 g/mol. The van der Waals surface area contributed by atoms with Crippen molar-refractivity contribution in [2.24, 2.45) is 5.41 Å². The zero-order valence-corrected chi connectivity index (χ0v) is 11.6. The van der Waals surface area contributed by atoms with Gasteiger partial charge < -0.3 is 15.0 Å². The third-order valence-corrected chi connectivity index (χ3v) is 3.39. The van der Waals surface area contributed by atoms with Crippen LogP contribution in [0, 0.1) is 5.41 Å². The molecule has 1 aliphatic rings. The average Bonchev–Trinajstić information content (AvgIpc) is 2.29. The molecule has 0 aliphatic carbocycles. The molecule has 1 atom stereocenters. The SMILES string of the molecule is CCCNCC1(CN(C)CC(F)F)CCCOC1. The van der Waals surface area contributed by atoms with Gasteiger partial charge in [0.25, 0.3) is 6.43 Å². The minimum Gasteiger partial charge on any atom is -0.381 e. The van der Waals surface area contributed by atoms with Crippen molar-refractivity contribution < 1.29 is 13.5 Å². The largest absolute Gasteiger partial charge is 0.381 e. The molecule has 1 heterocycles. The lowest BCUT2D eigenvalue weighted by molar-refractivity contribution is -0.0294. The van der Waals surface area contributed by atoms with Crippen molar-refractivity contribution in [2.75, 3.05) is 46.4 Å². The highest BCUT2D eigenvalue weighted by Crippen LogP contribution is 2.29. The molecule has 0 radical (unpaired) electrons. The van der Waals surface area contributed by atoms with Gasteiger partial charge in [0.15, 0.2) is 0 Å². The minimum atomic E-state index is -2.26. The Bertz CT molecular complexity index is 221. The van der Waals surface area contributed by atoms with E-state index in [2.05, 4.69) is 12.2 Å². The fourth-order valence-electron chi connectivity index (χ4n) is 2.63. The number of nitrogens with zero attached hydrogens (tertiary/aromatic N) is 1. The summed E-state index contributed by atoms with van der Waals surface area (Å²) in [5.41, 5.74) is -0.00292. The highest BCUT2D eigenvalue weighted by Gasteiger charge is 2.34. The first-order chi connectivity index (χ1) is 8.58. The second-order valence-corrected chi connectivity index (χ2v) is 5.42. The number of rotatable bonds is 8. The van der Waals surface area contributed by atoms with Crippen molar-refractivity contribution in [1.82, 2.24) is 10.2 Å². The lowest BCUT2D eigenvalue weighted by Gasteiger charge is -2.40. The molecule has 3 nitrogen and oxygen atoms in total. The number of alkyl halides is 2. The van der Waals surface area contributed by atoms with Crippen LogP contribution in [0.3, 0.4) is 0 Å². The highest BCUT2D eigenvalue weighted by molar-refractivity contribution is 4.86. The van der Waals surface area contributed by atoms with E-state index in [0.717, 1.165) is 39.0 Å². The van der Waals surface area contributed by atoms with E-state index in [1.54, 1.807) is 11.9 Å². The van der Waals surface area contributed by atoms with E-state index in [1.165, 1.54) is 0 Å². The molecule has 0 aromatic heterocycles. The maximum atomic E-state index is 12.4. The van der Waals surface area contributed by atoms with Crippen LogP contribution in [0.15, 0.2) is 0 Å². The number of hydrogen-bond acceptors (Lipinski definition) is 3. The second kappa shape index (κ2) is 8.02. The number of nitrogens with one attached hydrogen (secondary N) is 1. The summed E-state index contributed by atoms with van der Waals surface area (Å²) in [6.45, 7) is 5.95. The summed E-state index contributed by atoms with van der Waals surface area (Å²) in [5.74, 6) is 0. The number of halogens is 2. The van der Waals surface area contributed by atoms with Gasteiger partial charge in [-0.25, -0.2) is 8.78 Å².